The fourth-order valence-electron chi connectivity index (χ4n) is 3.19. The number of halogens is 2. The van der Waals surface area contributed by atoms with Crippen molar-refractivity contribution in [3.8, 4) is 0 Å². The molecule has 0 radical (unpaired) electrons. The molecule has 1 fully saturated rings. The standard InChI is InChI=1S/C18H26ClFN2O/c1-3-6-13(2)21-18(23)14-7-5-10-22(11-14)12-15-16(19)8-4-9-17(15)20/h4,8-9,13-14H,3,5-7,10-12H2,1-2H3,(H,21,23)/t13-,14+/m0/s1. The van der Waals surface area contributed by atoms with Crippen LogP contribution in [0.15, 0.2) is 18.2 Å². The molecule has 128 valence electrons. The van der Waals surface area contributed by atoms with Gasteiger partial charge in [-0.3, -0.25) is 9.69 Å². The minimum absolute atomic E-state index is 0.0198. The van der Waals surface area contributed by atoms with Gasteiger partial charge in [0.2, 0.25) is 5.91 Å². The first-order valence-corrected chi connectivity index (χ1v) is 8.84. The normalized spacial score (nSPS) is 20.3. The van der Waals surface area contributed by atoms with Gasteiger partial charge in [-0.1, -0.05) is 31.0 Å². The lowest BCUT2D eigenvalue weighted by Gasteiger charge is -2.32. The molecular formula is C18H26ClFN2O. The summed E-state index contributed by atoms with van der Waals surface area (Å²) in [6, 6.07) is 4.97. The first kappa shape index (κ1) is 18.2. The Morgan fingerprint density at radius 2 is 2.30 bits per heavy atom. The lowest BCUT2D eigenvalue weighted by Crippen LogP contribution is -2.45. The molecule has 23 heavy (non-hydrogen) atoms. The molecule has 0 saturated carbocycles. The van der Waals surface area contributed by atoms with Gasteiger partial charge in [-0.05, 0) is 44.9 Å². The van der Waals surface area contributed by atoms with Crippen LogP contribution in [0.1, 0.15) is 45.1 Å². The molecule has 0 aliphatic carbocycles. The number of rotatable bonds is 6. The fraction of sp³-hybridized carbons (Fsp3) is 0.611. The van der Waals surface area contributed by atoms with Crippen LogP contribution >= 0.6 is 11.6 Å². The molecule has 2 atom stereocenters. The van der Waals surface area contributed by atoms with E-state index in [1.807, 2.05) is 6.92 Å². The number of carbonyl (C=O) groups is 1. The number of hydrogen-bond donors (Lipinski definition) is 1. The van der Waals surface area contributed by atoms with Crippen LogP contribution in [0, 0.1) is 11.7 Å². The zero-order chi connectivity index (χ0) is 16.8. The minimum Gasteiger partial charge on any atom is -0.353 e. The van der Waals surface area contributed by atoms with Gasteiger partial charge in [0.25, 0.3) is 0 Å². The van der Waals surface area contributed by atoms with Crippen molar-refractivity contribution in [3.63, 3.8) is 0 Å². The average Bonchev–Trinajstić information content (AvgIpc) is 2.51. The molecule has 1 aliphatic heterocycles. The zero-order valence-corrected chi connectivity index (χ0v) is 14.7. The van der Waals surface area contributed by atoms with E-state index in [0.717, 1.165) is 32.2 Å². The number of likely N-dealkylation sites (tertiary alicyclic amines) is 1. The molecule has 0 aromatic heterocycles. The van der Waals surface area contributed by atoms with Crippen LogP contribution in [-0.2, 0) is 11.3 Å². The minimum atomic E-state index is -0.277. The van der Waals surface area contributed by atoms with Crippen molar-refractivity contribution in [2.24, 2.45) is 5.92 Å². The van der Waals surface area contributed by atoms with Gasteiger partial charge in [-0.15, -0.1) is 0 Å². The zero-order valence-electron chi connectivity index (χ0n) is 13.9. The van der Waals surface area contributed by atoms with Crippen LogP contribution in [0.5, 0.6) is 0 Å². The van der Waals surface area contributed by atoms with Crippen molar-refractivity contribution in [1.82, 2.24) is 10.2 Å². The Bertz CT molecular complexity index is 518. The van der Waals surface area contributed by atoms with Gasteiger partial charge in [0.15, 0.2) is 0 Å². The van der Waals surface area contributed by atoms with Crippen LogP contribution in [0.3, 0.4) is 0 Å². The largest absolute Gasteiger partial charge is 0.353 e. The van der Waals surface area contributed by atoms with E-state index in [-0.39, 0.29) is 23.7 Å². The van der Waals surface area contributed by atoms with Gasteiger partial charge in [0, 0.05) is 29.7 Å². The van der Waals surface area contributed by atoms with E-state index >= 15 is 0 Å². The van der Waals surface area contributed by atoms with Crippen molar-refractivity contribution < 1.29 is 9.18 Å². The second kappa shape index (κ2) is 8.65. The van der Waals surface area contributed by atoms with Crippen molar-refractivity contribution in [2.75, 3.05) is 13.1 Å². The molecule has 1 N–H and O–H groups in total. The highest BCUT2D eigenvalue weighted by molar-refractivity contribution is 6.31. The molecule has 5 heteroatoms. The fourth-order valence-corrected chi connectivity index (χ4v) is 3.41. The number of nitrogens with one attached hydrogen (secondary N) is 1. The van der Waals surface area contributed by atoms with E-state index in [1.54, 1.807) is 12.1 Å². The molecule has 1 saturated heterocycles. The number of piperidine rings is 1. The summed E-state index contributed by atoms with van der Waals surface area (Å²) >= 11 is 6.11. The molecule has 1 heterocycles. The van der Waals surface area contributed by atoms with E-state index in [4.69, 9.17) is 11.6 Å². The maximum Gasteiger partial charge on any atom is 0.224 e. The van der Waals surface area contributed by atoms with Crippen molar-refractivity contribution in [3.05, 3.63) is 34.6 Å². The van der Waals surface area contributed by atoms with E-state index in [2.05, 4.69) is 17.1 Å². The van der Waals surface area contributed by atoms with Gasteiger partial charge in [0.05, 0.1) is 5.92 Å². The molecule has 0 spiro atoms. The van der Waals surface area contributed by atoms with Crippen LogP contribution in [0.25, 0.3) is 0 Å². The van der Waals surface area contributed by atoms with Crippen molar-refractivity contribution in [2.45, 2.75) is 52.1 Å². The molecular weight excluding hydrogens is 315 g/mol. The lowest BCUT2D eigenvalue weighted by atomic mass is 9.96. The van der Waals surface area contributed by atoms with Gasteiger partial charge in [0.1, 0.15) is 5.82 Å². The third-order valence-corrected chi connectivity index (χ3v) is 4.78. The van der Waals surface area contributed by atoms with E-state index in [0.29, 0.717) is 23.7 Å². The third kappa shape index (κ3) is 5.18. The number of benzene rings is 1. The van der Waals surface area contributed by atoms with Gasteiger partial charge >= 0.3 is 0 Å². The van der Waals surface area contributed by atoms with Crippen LogP contribution in [0.2, 0.25) is 5.02 Å². The second-order valence-electron chi connectivity index (χ2n) is 6.47. The molecule has 3 nitrogen and oxygen atoms in total. The Balaban J connectivity index is 1.94. The van der Waals surface area contributed by atoms with Gasteiger partial charge in [-0.2, -0.15) is 0 Å². The number of hydrogen-bond acceptors (Lipinski definition) is 2. The summed E-state index contributed by atoms with van der Waals surface area (Å²) < 4.78 is 13.9. The number of nitrogens with zero attached hydrogens (tertiary/aromatic N) is 1. The topological polar surface area (TPSA) is 32.3 Å². The molecule has 1 aromatic rings. The quantitative estimate of drug-likeness (QED) is 0.849. The maximum absolute atomic E-state index is 13.9. The summed E-state index contributed by atoms with van der Waals surface area (Å²) in [5.41, 5.74) is 0.523. The predicted octanol–water partition coefficient (Wildman–Crippen LogP) is 4.00. The third-order valence-electron chi connectivity index (χ3n) is 4.43. The molecule has 1 aliphatic rings. The Labute approximate surface area is 143 Å². The van der Waals surface area contributed by atoms with Crippen molar-refractivity contribution >= 4 is 17.5 Å². The summed E-state index contributed by atoms with van der Waals surface area (Å²) in [7, 11) is 0. The van der Waals surface area contributed by atoms with Crippen molar-refractivity contribution in [1.29, 1.82) is 0 Å². The molecule has 2 rings (SSSR count). The van der Waals surface area contributed by atoms with Crippen LogP contribution in [0.4, 0.5) is 4.39 Å². The monoisotopic (exact) mass is 340 g/mol. The van der Waals surface area contributed by atoms with E-state index in [9.17, 15) is 9.18 Å². The summed E-state index contributed by atoms with van der Waals surface area (Å²) in [4.78, 5) is 14.5. The molecule has 1 aromatic carbocycles. The first-order chi connectivity index (χ1) is 11.0. The first-order valence-electron chi connectivity index (χ1n) is 8.46. The Morgan fingerprint density at radius 1 is 1.52 bits per heavy atom. The lowest BCUT2D eigenvalue weighted by molar-refractivity contribution is -0.127. The summed E-state index contributed by atoms with van der Waals surface area (Å²) in [6.45, 7) is 6.15. The Morgan fingerprint density at radius 3 is 3.00 bits per heavy atom. The number of carbonyl (C=O) groups excluding carboxylic acids is 1. The highest BCUT2D eigenvalue weighted by atomic mass is 35.5. The highest BCUT2D eigenvalue weighted by Gasteiger charge is 2.27. The van der Waals surface area contributed by atoms with Crippen LogP contribution in [-0.4, -0.2) is 29.9 Å². The van der Waals surface area contributed by atoms with Gasteiger partial charge < -0.3 is 5.32 Å². The van der Waals surface area contributed by atoms with E-state index in [1.165, 1.54) is 6.07 Å². The SMILES string of the molecule is CCC[C@H](C)NC(=O)[C@@H]1CCCN(Cc2c(F)cccc2Cl)C1. The maximum atomic E-state index is 13.9. The molecule has 0 bridgehead atoms. The Kier molecular flexibility index (Phi) is 6.85. The second-order valence-corrected chi connectivity index (χ2v) is 6.88. The number of amides is 1. The average molecular weight is 341 g/mol. The highest BCUT2D eigenvalue weighted by Crippen LogP contribution is 2.24. The van der Waals surface area contributed by atoms with E-state index < -0.39 is 0 Å². The predicted molar refractivity (Wildman–Crippen MR) is 91.9 cm³/mol. The summed E-state index contributed by atoms with van der Waals surface area (Å²) in [5.74, 6) is -0.176. The summed E-state index contributed by atoms with van der Waals surface area (Å²) in [6.07, 6.45) is 3.90. The smallest absolute Gasteiger partial charge is 0.224 e. The molecule has 1 amide bonds. The van der Waals surface area contributed by atoms with Crippen LogP contribution < -0.4 is 5.32 Å². The molecule has 0 unspecified atom stereocenters. The van der Waals surface area contributed by atoms with Gasteiger partial charge in [-0.25, -0.2) is 4.39 Å². The Hall–Kier alpha value is -1.13. The summed E-state index contributed by atoms with van der Waals surface area (Å²) in [5, 5.41) is 3.54.